The van der Waals surface area contributed by atoms with Crippen LogP contribution >= 0.6 is 28.3 Å². The van der Waals surface area contributed by atoms with Crippen molar-refractivity contribution in [1.29, 1.82) is 0 Å². The van der Waals surface area contributed by atoms with Gasteiger partial charge in [0.2, 0.25) is 11.8 Å². The van der Waals surface area contributed by atoms with Gasteiger partial charge in [0, 0.05) is 17.2 Å². The zero-order valence-electron chi connectivity index (χ0n) is 13.4. The lowest BCUT2D eigenvalue weighted by Gasteiger charge is -2.27. The second-order valence-electron chi connectivity index (χ2n) is 5.70. The highest BCUT2D eigenvalue weighted by Gasteiger charge is 2.24. The minimum Gasteiger partial charge on any atom is -0.335 e. The van der Waals surface area contributed by atoms with Crippen molar-refractivity contribution in [2.75, 3.05) is 25.5 Å². The molecule has 1 saturated heterocycles. The molecule has 1 atom stereocenters. The van der Waals surface area contributed by atoms with E-state index in [1.807, 2.05) is 25.1 Å². The Kier molecular flexibility index (Phi) is 8.02. The van der Waals surface area contributed by atoms with Gasteiger partial charge in [-0.3, -0.25) is 9.59 Å². The summed E-state index contributed by atoms with van der Waals surface area (Å²) in [6, 6.07) is 5.52. The molecule has 23 heavy (non-hydrogen) atoms. The van der Waals surface area contributed by atoms with Gasteiger partial charge in [0.15, 0.2) is 0 Å². The molecule has 1 heterocycles. The zero-order valence-corrected chi connectivity index (χ0v) is 15.8. The molecule has 2 rings (SSSR count). The van der Waals surface area contributed by atoms with Gasteiger partial charge in [-0.2, -0.15) is 0 Å². The van der Waals surface area contributed by atoms with E-state index >= 15 is 0 Å². The van der Waals surface area contributed by atoms with Crippen molar-refractivity contribution >= 4 is 45.8 Å². The van der Waals surface area contributed by atoms with Crippen LogP contribution in [0.4, 0.5) is 5.69 Å². The van der Waals surface area contributed by atoms with Crippen LogP contribution in [0.5, 0.6) is 0 Å². The number of rotatable bonds is 4. The molecule has 0 radical (unpaired) electrons. The van der Waals surface area contributed by atoms with Crippen LogP contribution in [0.1, 0.15) is 24.8 Å². The normalized spacial score (nSPS) is 17.1. The summed E-state index contributed by atoms with van der Waals surface area (Å²) in [5.41, 5.74) is 1.75. The smallest absolute Gasteiger partial charge is 0.243 e. The number of amides is 2. The Morgan fingerprint density at radius 1 is 1.39 bits per heavy atom. The van der Waals surface area contributed by atoms with Crippen LogP contribution in [-0.2, 0) is 9.59 Å². The van der Waals surface area contributed by atoms with Crippen molar-refractivity contribution in [2.45, 2.75) is 32.2 Å². The molecule has 1 aromatic rings. The van der Waals surface area contributed by atoms with Gasteiger partial charge >= 0.3 is 0 Å². The van der Waals surface area contributed by atoms with Crippen molar-refractivity contribution in [1.82, 2.24) is 10.2 Å². The van der Waals surface area contributed by atoms with E-state index in [1.165, 1.54) is 4.90 Å². The van der Waals surface area contributed by atoms with Crippen LogP contribution in [-0.4, -0.2) is 42.9 Å². The number of nitrogens with zero attached hydrogens (tertiary/aromatic N) is 1. The number of anilines is 1. The zero-order chi connectivity index (χ0) is 16.1. The summed E-state index contributed by atoms with van der Waals surface area (Å²) >= 11 is 3.39. The standard InChI is InChI=1S/C16H22BrN3O2.ClH/c1-11-9-12(17)6-7-13(11)19-15(21)10-20(2)16(22)14-5-3-4-8-18-14;/h6-7,9,14,18H,3-5,8,10H2,1-2H3,(H,19,21);1H. The molecule has 1 unspecified atom stereocenters. The molecule has 5 nitrogen and oxygen atoms in total. The largest absolute Gasteiger partial charge is 0.335 e. The third kappa shape index (κ3) is 5.79. The van der Waals surface area contributed by atoms with Crippen molar-refractivity contribution in [3.63, 3.8) is 0 Å². The fourth-order valence-corrected chi connectivity index (χ4v) is 3.05. The van der Waals surface area contributed by atoms with Crippen LogP contribution in [0.3, 0.4) is 0 Å². The topological polar surface area (TPSA) is 61.4 Å². The molecule has 0 spiro atoms. The van der Waals surface area contributed by atoms with E-state index in [0.717, 1.165) is 41.5 Å². The van der Waals surface area contributed by atoms with Gasteiger partial charge in [-0.1, -0.05) is 22.4 Å². The Hall–Kier alpha value is -1.11. The number of hydrogen-bond donors (Lipinski definition) is 2. The van der Waals surface area contributed by atoms with Gasteiger partial charge < -0.3 is 15.5 Å². The summed E-state index contributed by atoms with van der Waals surface area (Å²) in [7, 11) is 1.67. The highest BCUT2D eigenvalue weighted by atomic mass is 79.9. The first-order chi connectivity index (χ1) is 10.5. The van der Waals surface area contributed by atoms with Gasteiger partial charge in [0.1, 0.15) is 0 Å². The van der Waals surface area contributed by atoms with Gasteiger partial charge in [0.25, 0.3) is 0 Å². The van der Waals surface area contributed by atoms with E-state index in [0.29, 0.717) is 0 Å². The Balaban J connectivity index is 0.00000264. The SMILES string of the molecule is Cc1cc(Br)ccc1NC(=O)CN(C)C(=O)C1CCCCN1.Cl. The third-order valence-electron chi connectivity index (χ3n) is 3.83. The molecular weight excluding hydrogens is 382 g/mol. The van der Waals surface area contributed by atoms with E-state index in [1.54, 1.807) is 7.05 Å². The predicted octanol–water partition coefficient (Wildman–Crippen LogP) is 2.72. The van der Waals surface area contributed by atoms with E-state index in [2.05, 4.69) is 26.6 Å². The molecule has 0 aliphatic carbocycles. The minimum absolute atomic E-state index is 0. The Labute approximate surface area is 151 Å². The van der Waals surface area contributed by atoms with Crippen LogP contribution in [0, 0.1) is 6.92 Å². The first-order valence-corrected chi connectivity index (χ1v) is 8.31. The summed E-state index contributed by atoms with van der Waals surface area (Å²) in [6.07, 6.45) is 3.01. The molecule has 2 N–H and O–H groups in total. The average Bonchev–Trinajstić information content (AvgIpc) is 2.50. The van der Waals surface area contributed by atoms with E-state index in [9.17, 15) is 9.59 Å². The van der Waals surface area contributed by atoms with E-state index in [4.69, 9.17) is 0 Å². The molecule has 7 heteroatoms. The van der Waals surface area contributed by atoms with Crippen molar-refractivity contribution in [2.24, 2.45) is 0 Å². The molecule has 2 amide bonds. The molecule has 1 aliphatic heterocycles. The highest BCUT2D eigenvalue weighted by molar-refractivity contribution is 9.10. The lowest BCUT2D eigenvalue weighted by molar-refractivity contribution is -0.135. The van der Waals surface area contributed by atoms with Gasteiger partial charge in [-0.05, 0) is 50.1 Å². The Morgan fingerprint density at radius 2 is 2.13 bits per heavy atom. The summed E-state index contributed by atoms with van der Waals surface area (Å²) in [4.78, 5) is 25.9. The van der Waals surface area contributed by atoms with Crippen LogP contribution in [0.2, 0.25) is 0 Å². The first-order valence-electron chi connectivity index (χ1n) is 7.52. The second kappa shape index (κ2) is 9.25. The van der Waals surface area contributed by atoms with E-state index < -0.39 is 0 Å². The third-order valence-corrected chi connectivity index (χ3v) is 4.32. The number of hydrogen-bond acceptors (Lipinski definition) is 3. The molecular formula is C16H23BrClN3O2. The quantitative estimate of drug-likeness (QED) is 0.811. The maximum Gasteiger partial charge on any atom is 0.243 e. The number of nitrogens with one attached hydrogen (secondary N) is 2. The van der Waals surface area contributed by atoms with Crippen LogP contribution < -0.4 is 10.6 Å². The lowest BCUT2D eigenvalue weighted by atomic mass is 10.0. The Bertz CT molecular complexity index is 562. The maximum atomic E-state index is 12.3. The van der Waals surface area contributed by atoms with Crippen molar-refractivity contribution in [3.8, 4) is 0 Å². The number of carbonyl (C=O) groups excluding carboxylic acids is 2. The predicted molar refractivity (Wildman–Crippen MR) is 98.0 cm³/mol. The summed E-state index contributed by atoms with van der Waals surface area (Å²) < 4.78 is 0.971. The van der Waals surface area contributed by atoms with Gasteiger partial charge in [-0.25, -0.2) is 0 Å². The van der Waals surface area contributed by atoms with Crippen LogP contribution in [0.15, 0.2) is 22.7 Å². The number of piperidine rings is 1. The molecule has 1 fully saturated rings. The molecule has 1 aromatic carbocycles. The fraction of sp³-hybridized carbons (Fsp3) is 0.500. The second-order valence-corrected chi connectivity index (χ2v) is 6.62. The summed E-state index contributed by atoms with van der Waals surface area (Å²) in [5, 5.41) is 6.06. The average molecular weight is 405 g/mol. The van der Waals surface area contributed by atoms with Crippen molar-refractivity contribution < 1.29 is 9.59 Å². The molecule has 128 valence electrons. The van der Waals surface area contributed by atoms with Crippen LogP contribution in [0.25, 0.3) is 0 Å². The Morgan fingerprint density at radius 3 is 2.74 bits per heavy atom. The number of aryl methyl sites for hydroxylation is 1. The summed E-state index contributed by atoms with van der Waals surface area (Å²) in [5.74, 6) is -0.195. The van der Waals surface area contributed by atoms with Crippen molar-refractivity contribution in [3.05, 3.63) is 28.2 Å². The maximum absolute atomic E-state index is 12.3. The number of carbonyl (C=O) groups is 2. The minimum atomic E-state index is -0.183. The van der Waals surface area contributed by atoms with Gasteiger partial charge in [0.05, 0.1) is 12.6 Å². The molecule has 0 bridgehead atoms. The number of benzene rings is 1. The van der Waals surface area contributed by atoms with E-state index in [-0.39, 0.29) is 36.8 Å². The molecule has 0 saturated carbocycles. The lowest BCUT2D eigenvalue weighted by Crippen LogP contribution is -2.49. The molecule has 1 aliphatic rings. The van der Waals surface area contributed by atoms with Gasteiger partial charge in [-0.15, -0.1) is 12.4 Å². The monoisotopic (exact) mass is 403 g/mol. The summed E-state index contributed by atoms with van der Waals surface area (Å²) in [6.45, 7) is 2.86. The number of likely N-dealkylation sites (N-methyl/N-ethyl adjacent to an activating group) is 1. The highest BCUT2D eigenvalue weighted by Crippen LogP contribution is 2.20. The first kappa shape index (κ1) is 19.9. The molecule has 0 aromatic heterocycles. The number of halogens is 2. The fourth-order valence-electron chi connectivity index (χ4n) is 2.58.